The van der Waals surface area contributed by atoms with E-state index < -0.39 is 31.0 Å². The van der Waals surface area contributed by atoms with Crippen LogP contribution >= 0.6 is 0 Å². The Morgan fingerprint density at radius 3 is 2.27 bits per heavy atom. The highest BCUT2D eigenvalue weighted by Gasteiger charge is 2.34. The van der Waals surface area contributed by atoms with Crippen LogP contribution in [0.2, 0.25) is 0 Å². The van der Waals surface area contributed by atoms with E-state index in [0.29, 0.717) is 30.3 Å². The quantitative estimate of drug-likeness (QED) is 0.143. The van der Waals surface area contributed by atoms with Gasteiger partial charge in [-0.2, -0.15) is 12.7 Å². The molecular formula is C26H32N6O7S2. The summed E-state index contributed by atoms with van der Waals surface area (Å²) in [6, 6.07) is 15.1. The van der Waals surface area contributed by atoms with Gasteiger partial charge in [-0.3, -0.25) is 5.41 Å². The standard InChI is InChI=1S/C26H32N6O7S2/c1-3-16-37-32(26(27)28)38-21-17-20(2)18-22(19-21)39-41(35,36)24-9-5-4-8-23(24)40(33,34)31-14-12-30(13-15-31)25-10-6-7-11-29-25/h4-11,17-19H,3,12-16H2,1-2H3,(H3,27,28). The maximum Gasteiger partial charge on any atom is 0.340 e. The third kappa shape index (κ3) is 7.24. The summed E-state index contributed by atoms with van der Waals surface area (Å²) in [7, 11) is -8.79. The monoisotopic (exact) mass is 604 g/mol. The second-order valence-corrected chi connectivity index (χ2v) is 12.5. The topological polar surface area (TPSA) is 168 Å². The first-order valence-electron chi connectivity index (χ1n) is 12.8. The van der Waals surface area contributed by atoms with E-state index in [2.05, 4.69) is 4.98 Å². The van der Waals surface area contributed by atoms with Crippen LogP contribution in [0.15, 0.2) is 76.7 Å². The summed E-state index contributed by atoms with van der Waals surface area (Å²) in [6.07, 6.45) is 2.30. The fraction of sp³-hybridized carbons (Fsp3) is 0.308. The van der Waals surface area contributed by atoms with Gasteiger partial charge in [0.1, 0.15) is 21.4 Å². The number of nitrogens with two attached hydrogens (primary N) is 1. The fourth-order valence-corrected chi connectivity index (χ4v) is 7.22. The van der Waals surface area contributed by atoms with E-state index in [1.807, 2.05) is 24.0 Å². The van der Waals surface area contributed by atoms with Crippen LogP contribution in [0.3, 0.4) is 0 Å². The lowest BCUT2D eigenvalue weighted by atomic mass is 10.2. The Kier molecular flexibility index (Phi) is 9.32. The summed E-state index contributed by atoms with van der Waals surface area (Å²) in [6.45, 7) is 4.87. The number of nitrogens with one attached hydrogen (secondary N) is 1. The van der Waals surface area contributed by atoms with E-state index in [1.165, 1.54) is 40.7 Å². The summed E-state index contributed by atoms with van der Waals surface area (Å²) in [5.41, 5.74) is 6.07. The zero-order chi connectivity index (χ0) is 29.6. The molecule has 2 heterocycles. The number of hydroxylamine groups is 2. The van der Waals surface area contributed by atoms with Crippen molar-refractivity contribution in [1.29, 1.82) is 5.41 Å². The van der Waals surface area contributed by atoms with Gasteiger partial charge in [-0.05, 0) is 60.5 Å². The summed E-state index contributed by atoms with van der Waals surface area (Å²) in [5.74, 6) is 0.184. The first-order valence-corrected chi connectivity index (χ1v) is 15.6. The molecule has 0 saturated carbocycles. The van der Waals surface area contributed by atoms with Crippen molar-refractivity contribution in [3.63, 3.8) is 0 Å². The number of piperazine rings is 1. The maximum absolute atomic E-state index is 13.6. The first-order chi connectivity index (χ1) is 19.5. The van der Waals surface area contributed by atoms with E-state index in [-0.39, 0.29) is 36.1 Å². The summed E-state index contributed by atoms with van der Waals surface area (Å²) in [4.78, 5) is 16.2. The van der Waals surface area contributed by atoms with Gasteiger partial charge in [0.25, 0.3) is 5.96 Å². The van der Waals surface area contributed by atoms with Gasteiger partial charge >= 0.3 is 10.1 Å². The molecule has 1 saturated heterocycles. The molecule has 41 heavy (non-hydrogen) atoms. The van der Waals surface area contributed by atoms with Crippen molar-refractivity contribution in [2.45, 2.75) is 30.1 Å². The Morgan fingerprint density at radius 1 is 0.976 bits per heavy atom. The maximum atomic E-state index is 13.6. The number of aromatic nitrogens is 1. The third-order valence-corrected chi connectivity index (χ3v) is 9.37. The van der Waals surface area contributed by atoms with E-state index in [4.69, 9.17) is 25.0 Å². The molecule has 220 valence electrons. The fourth-order valence-electron chi connectivity index (χ4n) is 4.11. The Labute approximate surface area is 239 Å². The van der Waals surface area contributed by atoms with Gasteiger partial charge in [0.2, 0.25) is 10.0 Å². The number of benzene rings is 2. The average molecular weight is 605 g/mol. The van der Waals surface area contributed by atoms with Gasteiger partial charge in [0, 0.05) is 38.4 Å². The Hall–Kier alpha value is -3.92. The molecule has 0 unspecified atom stereocenters. The molecule has 0 bridgehead atoms. The van der Waals surface area contributed by atoms with Crippen LogP contribution in [-0.2, 0) is 25.0 Å². The minimum Gasteiger partial charge on any atom is -0.379 e. The minimum absolute atomic E-state index is 0.0909. The lowest BCUT2D eigenvalue weighted by Crippen LogP contribution is -2.49. The van der Waals surface area contributed by atoms with Crippen LogP contribution < -0.4 is 19.7 Å². The summed E-state index contributed by atoms with van der Waals surface area (Å²) < 4.78 is 60.8. The zero-order valence-corrected chi connectivity index (χ0v) is 24.3. The Morgan fingerprint density at radius 2 is 1.63 bits per heavy atom. The number of sulfonamides is 1. The molecule has 0 atom stereocenters. The number of aryl methyl sites for hydroxylation is 1. The first kappa shape index (κ1) is 30.0. The average Bonchev–Trinajstić information content (AvgIpc) is 2.95. The molecule has 1 aliphatic heterocycles. The van der Waals surface area contributed by atoms with Gasteiger partial charge in [-0.25, -0.2) is 18.2 Å². The molecule has 0 aliphatic carbocycles. The third-order valence-electron chi connectivity index (χ3n) is 5.98. The molecule has 0 radical (unpaired) electrons. The highest BCUT2D eigenvalue weighted by molar-refractivity contribution is 7.91. The van der Waals surface area contributed by atoms with Crippen molar-refractivity contribution in [2.75, 3.05) is 37.7 Å². The second-order valence-electron chi connectivity index (χ2n) is 9.11. The molecule has 3 aromatic rings. The highest BCUT2D eigenvalue weighted by Crippen LogP contribution is 2.30. The van der Waals surface area contributed by atoms with Crippen molar-refractivity contribution in [3.8, 4) is 11.5 Å². The van der Waals surface area contributed by atoms with Crippen LogP contribution in [0.25, 0.3) is 0 Å². The largest absolute Gasteiger partial charge is 0.379 e. The van der Waals surface area contributed by atoms with Crippen molar-refractivity contribution in [3.05, 3.63) is 72.4 Å². The Bertz CT molecular complexity index is 1580. The predicted octanol–water partition coefficient (Wildman–Crippen LogP) is 2.50. The zero-order valence-electron chi connectivity index (χ0n) is 22.6. The second kappa shape index (κ2) is 12.7. The van der Waals surface area contributed by atoms with Crippen LogP contribution in [0.5, 0.6) is 11.5 Å². The van der Waals surface area contributed by atoms with Gasteiger partial charge in [-0.1, -0.05) is 25.1 Å². The van der Waals surface area contributed by atoms with Crippen LogP contribution in [-0.4, -0.2) is 70.1 Å². The molecule has 3 N–H and O–H groups in total. The predicted molar refractivity (Wildman–Crippen MR) is 151 cm³/mol. The SMILES string of the molecule is CCCON(Oc1cc(C)cc(OS(=O)(=O)c2ccccc2S(=O)(=O)N2CCN(c3ccccn3)CC2)c1)C(=N)N. The number of pyridine rings is 1. The number of nitrogens with zero attached hydrogens (tertiary/aromatic N) is 4. The van der Waals surface area contributed by atoms with Gasteiger partial charge in [-0.15, -0.1) is 0 Å². The normalized spacial score (nSPS) is 14.4. The number of hydrogen-bond acceptors (Lipinski definition) is 10. The van der Waals surface area contributed by atoms with E-state index in [9.17, 15) is 16.8 Å². The Balaban J connectivity index is 1.55. The lowest BCUT2D eigenvalue weighted by Gasteiger charge is -2.34. The van der Waals surface area contributed by atoms with E-state index in [0.717, 1.165) is 5.82 Å². The van der Waals surface area contributed by atoms with Gasteiger partial charge < -0.3 is 19.7 Å². The number of guanidine groups is 1. The number of anilines is 1. The van der Waals surface area contributed by atoms with E-state index in [1.54, 1.807) is 25.3 Å². The van der Waals surface area contributed by atoms with Gasteiger partial charge in [0.15, 0.2) is 5.75 Å². The van der Waals surface area contributed by atoms with Crippen molar-refractivity contribution in [1.82, 2.24) is 14.5 Å². The van der Waals surface area contributed by atoms with Gasteiger partial charge in [0.05, 0.1) is 6.61 Å². The lowest BCUT2D eigenvalue weighted by molar-refractivity contribution is -0.263. The molecule has 0 spiro atoms. The van der Waals surface area contributed by atoms with Crippen molar-refractivity contribution < 1.29 is 30.7 Å². The number of rotatable bonds is 11. The molecule has 4 rings (SSSR count). The number of hydrogen-bond donors (Lipinski definition) is 2. The molecule has 15 heteroatoms. The molecular weight excluding hydrogens is 572 g/mol. The van der Waals surface area contributed by atoms with Crippen LogP contribution in [0.1, 0.15) is 18.9 Å². The van der Waals surface area contributed by atoms with Crippen LogP contribution in [0.4, 0.5) is 5.82 Å². The van der Waals surface area contributed by atoms with Crippen molar-refractivity contribution >= 4 is 31.9 Å². The van der Waals surface area contributed by atoms with Crippen LogP contribution in [0, 0.1) is 12.3 Å². The summed E-state index contributed by atoms with van der Waals surface area (Å²) in [5, 5.41) is 8.32. The molecule has 1 fully saturated rings. The molecule has 13 nitrogen and oxygen atoms in total. The molecule has 1 aliphatic rings. The summed E-state index contributed by atoms with van der Waals surface area (Å²) >= 11 is 0. The molecule has 0 amide bonds. The minimum atomic E-state index is -4.61. The smallest absolute Gasteiger partial charge is 0.340 e. The highest BCUT2D eigenvalue weighted by atomic mass is 32.2. The van der Waals surface area contributed by atoms with Crippen molar-refractivity contribution in [2.24, 2.45) is 5.73 Å². The van der Waals surface area contributed by atoms with E-state index >= 15 is 0 Å². The molecule has 2 aromatic carbocycles. The molecule has 1 aromatic heterocycles.